The SMILES string of the molecule is CC1CCC(N(C)CC2(CS)CCOCC2)CC1. The predicted molar refractivity (Wildman–Crippen MR) is 80.4 cm³/mol. The van der Waals surface area contributed by atoms with Crippen LogP contribution in [-0.2, 0) is 4.74 Å². The van der Waals surface area contributed by atoms with Crippen LogP contribution in [0.2, 0.25) is 0 Å². The molecule has 2 fully saturated rings. The number of hydrogen-bond acceptors (Lipinski definition) is 3. The number of ether oxygens (including phenoxy) is 1. The topological polar surface area (TPSA) is 12.5 Å². The van der Waals surface area contributed by atoms with E-state index in [1.165, 1.54) is 45.1 Å². The van der Waals surface area contributed by atoms with E-state index < -0.39 is 0 Å². The summed E-state index contributed by atoms with van der Waals surface area (Å²) in [6.07, 6.45) is 7.96. The summed E-state index contributed by atoms with van der Waals surface area (Å²) in [5.41, 5.74) is 0.402. The van der Waals surface area contributed by atoms with Gasteiger partial charge in [-0.3, -0.25) is 0 Å². The van der Waals surface area contributed by atoms with Crippen molar-refractivity contribution in [3.05, 3.63) is 0 Å². The minimum atomic E-state index is 0.402. The van der Waals surface area contributed by atoms with Crippen LogP contribution < -0.4 is 0 Å². The Kier molecular flexibility index (Phi) is 5.40. The van der Waals surface area contributed by atoms with E-state index in [1.807, 2.05) is 0 Å². The van der Waals surface area contributed by atoms with Crippen molar-refractivity contribution in [1.29, 1.82) is 0 Å². The first-order chi connectivity index (χ1) is 8.65. The molecule has 0 bridgehead atoms. The van der Waals surface area contributed by atoms with Crippen molar-refractivity contribution < 1.29 is 4.74 Å². The Morgan fingerprint density at radius 1 is 1.17 bits per heavy atom. The lowest BCUT2D eigenvalue weighted by Gasteiger charge is -2.42. The Bertz CT molecular complexity index is 245. The van der Waals surface area contributed by atoms with Gasteiger partial charge in [0.25, 0.3) is 0 Å². The van der Waals surface area contributed by atoms with Crippen LogP contribution in [0.1, 0.15) is 45.4 Å². The fourth-order valence-electron chi connectivity index (χ4n) is 3.51. The van der Waals surface area contributed by atoms with Gasteiger partial charge in [-0.05, 0) is 62.7 Å². The molecular formula is C15H29NOS. The Labute approximate surface area is 118 Å². The van der Waals surface area contributed by atoms with Crippen molar-refractivity contribution in [2.75, 3.05) is 32.6 Å². The maximum Gasteiger partial charge on any atom is 0.0472 e. The highest BCUT2D eigenvalue weighted by molar-refractivity contribution is 7.80. The molecule has 2 aliphatic rings. The highest BCUT2D eigenvalue weighted by Gasteiger charge is 2.34. The number of thiol groups is 1. The van der Waals surface area contributed by atoms with Gasteiger partial charge < -0.3 is 9.64 Å². The maximum absolute atomic E-state index is 5.52. The summed E-state index contributed by atoms with van der Waals surface area (Å²) in [6.45, 7) is 5.45. The van der Waals surface area contributed by atoms with Gasteiger partial charge in [-0.15, -0.1) is 0 Å². The van der Waals surface area contributed by atoms with Crippen molar-refractivity contribution in [2.24, 2.45) is 11.3 Å². The third kappa shape index (κ3) is 3.64. The van der Waals surface area contributed by atoms with Gasteiger partial charge in [0, 0.05) is 25.8 Å². The first-order valence-electron chi connectivity index (χ1n) is 7.54. The van der Waals surface area contributed by atoms with Gasteiger partial charge >= 0.3 is 0 Å². The Hall–Kier alpha value is 0.270. The molecule has 0 atom stereocenters. The van der Waals surface area contributed by atoms with Gasteiger partial charge in [-0.2, -0.15) is 12.6 Å². The fourth-order valence-corrected chi connectivity index (χ4v) is 3.93. The molecule has 0 amide bonds. The third-order valence-electron chi connectivity index (χ3n) is 5.08. The second-order valence-electron chi connectivity index (χ2n) is 6.60. The van der Waals surface area contributed by atoms with E-state index in [4.69, 9.17) is 4.74 Å². The van der Waals surface area contributed by atoms with Crippen LogP contribution in [0.3, 0.4) is 0 Å². The van der Waals surface area contributed by atoms with Crippen molar-refractivity contribution in [3.8, 4) is 0 Å². The van der Waals surface area contributed by atoms with Crippen molar-refractivity contribution in [1.82, 2.24) is 4.90 Å². The normalized spacial score (nSPS) is 32.7. The lowest BCUT2D eigenvalue weighted by molar-refractivity contribution is 0.00157. The number of hydrogen-bond donors (Lipinski definition) is 1. The van der Waals surface area contributed by atoms with E-state index in [0.717, 1.165) is 30.9 Å². The standard InChI is InChI=1S/C15H29NOS/c1-13-3-5-14(6-4-13)16(2)11-15(12-18)7-9-17-10-8-15/h13-14,18H,3-12H2,1-2H3. The summed E-state index contributed by atoms with van der Waals surface area (Å²) in [7, 11) is 2.32. The lowest BCUT2D eigenvalue weighted by atomic mass is 9.80. The van der Waals surface area contributed by atoms with Crippen molar-refractivity contribution >= 4 is 12.6 Å². The van der Waals surface area contributed by atoms with Crippen LogP contribution >= 0.6 is 12.6 Å². The quantitative estimate of drug-likeness (QED) is 0.788. The van der Waals surface area contributed by atoms with E-state index in [2.05, 4.69) is 31.5 Å². The molecule has 106 valence electrons. The van der Waals surface area contributed by atoms with Crippen LogP contribution in [0, 0.1) is 11.3 Å². The molecule has 1 heterocycles. The molecule has 1 saturated carbocycles. The first kappa shape index (κ1) is 14.7. The van der Waals surface area contributed by atoms with E-state index >= 15 is 0 Å². The second kappa shape index (κ2) is 6.62. The van der Waals surface area contributed by atoms with Crippen molar-refractivity contribution in [3.63, 3.8) is 0 Å². The molecule has 0 N–H and O–H groups in total. The van der Waals surface area contributed by atoms with Gasteiger partial charge in [0.2, 0.25) is 0 Å². The molecule has 0 aromatic heterocycles. The summed E-state index contributed by atoms with van der Waals surface area (Å²) < 4.78 is 5.52. The molecule has 3 heteroatoms. The van der Waals surface area contributed by atoms with Crippen LogP contribution in [0.4, 0.5) is 0 Å². The minimum Gasteiger partial charge on any atom is -0.381 e. The van der Waals surface area contributed by atoms with Gasteiger partial charge in [-0.25, -0.2) is 0 Å². The molecule has 18 heavy (non-hydrogen) atoms. The molecule has 0 unspecified atom stereocenters. The predicted octanol–water partition coefficient (Wildman–Crippen LogP) is 3.22. The van der Waals surface area contributed by atoms with E-state index in [-0.39, 0.29) is 0 Å². The van der Waals surface area contributed by atoms with Gasteiger partial charge in [0.05, 0.1) is 0 Å². The Morgan fingerprint density at radius 2 is 1.78 bits per heavy atom. The molecule has 0 aromatic rings. The summed E-state index contributed by atoms with van der Waals surface area (Å²) >= 11 is 4.62. The number of nitrogens with zero attached hydrogens (tertiary/aromatic N) is 1. The molecule has 1 aliphatic carbocycles. The van der Waals surface area contributed by atoms with Crippen LogP contribution in [0.5, 0.6) is 0 Å². The zero-order valence-electron chi connectivity index (χ0n) is 12.0. The average molecular weight is 271 g/mol. The lowest BCUT2D eigenvalue weighted by Crippen LogP contribution is -2.46. The molecule has 0 spiro atoms. The van der Waals surface area contributed by atoms with Gasteiger partial charge in [-0.1, -0.05) is 6.92 Å². The largest absolute Gasteiger partial charge is 0.381 e. The van der Waals surface area contributed by atoms with Crippen LogP contribution in [-0.4, -0.2) is 43.5 Å². The molecule has 2 nitrogen and oxygen atoms in total. The maximum atomic E-state index is 5.52. The molecule has 1 aliphatic heterocycles. The Balaban J connectivity index is 1.86. The third-order valence-corrected chi connectivity index (χ3v) is 5.75. The summed E-state index contributed by atoms with van der Waals surface area (Å²) in [6, 6.07) is 0.806. The monoisotopic (exact) mass is 271 g/mol. The van der Waals surface area contributed by atoms with Gasteiger partial charge in [0.15, 0.2) is 0 Å². The molecule has 1 saturated heterocycles. The first-order valence-corrected chi connectivity index (χ1v) is 8.17. The molecule has 0 radical (unpaired) electrons. The molecular weight excluding hydrogens is 242 g/mol. The summed E-state index contributed by atoms with van der Waals surface area (Å²) in [4.78, 5) is 2.62. The highest BCUT2D eigenvalue weighted by Crippen LogP contribution is 2.35. The van der Waals surface area contributed by atoms with Gasteiger partial charge in [0.1, 0.15) is 0 Å². The number of rotatable bonds is 4. The van der Waals surface area contributed by atoms with E-state index in [0.29, 0.717) is 5.41 Å². The average Bonchev–Trinajstić information content (AvgIpc) is 2.40. The van der Waals surface area contributed by atoms with Crippen LogP contribution in [0.25, 0.3) is 0 Å². The smallest absolute Gasteiger partial charge is 0.0472 e. The van der Waals surface area contributed by atoms with Crippen LogP contribution in [0.15, 0.2) is 0 Å². The van der Waals surface area contributed by atoms with Crippen molar-refractivity contribution in [2.45, 2.75) is 51.5 Å². The molecule has 0 aromatic carbocycles. The summed E-state index contributed by atoms with van der Waals surface area (Å²) in [5, 5.41) is 0. The Morgan fingerprint density at radius 3 is 2.33 bits per heavy atom. The fraction of sp³-hybridized carbons (Fsp3) is 1.00. The summed E-state index contributed by atoms with van der Waals surface area (Å²) in [5.74, 6) is 1.95. The van der Waals surface area contributed by atoms with E-state index in [9.17, 15) is 0 Å². The second-order valence-corrected chi connectivity index (χ2v) is 6.92. The molecule has 2 rings (SSSR count). The highest BCUT2D eigenvalue weighted by atomic mass is 32.1. The zero-order valence-corrected chi connectivity index (χ0v) is 12.9. The minimum absolute atomic E-state index is 0.402. The van der Waals surface area contributed by atoms with E-state index in [1.54, 1.807) is 0 Å². The zero-order chi connectivity index (χ0) is 13.0.